The first kappa shape index (κ1) is 26.0. The molecule has 2 atom stereocenters. The smallest absolute Gasteiger partial charge is 0.395 e. The van der Waals surface area contributed by atoms with Crippen molar-refractivity contribution >= 4 is 15.8 Å². The van der Waals surface area contributed by atoms with E-state index < -0.39 is 45.5 Å². The lowest BCUT2D eigenvalue weighted by atomic mass is 9.86. The fourth-order valence-electron chi connectivity index (χ4n) is 3.81. The molecule has 3 rings (SSSR count). The maximum atomic E-state index is 14.3. The van der Waals surface area contributed by atoms with Crippen molar-refractivity contribution in [2.45, 2.75) is 76.8 Å². The van der Waals surface area contributed by atoms with Crippen LogP contribution in [0.2, 0.25) is 0 Å². The van der Waals surface area contributed by atoms with E-state index in [9.17, 15) is 27.3 Å². The molecule has 0 saturated carbocycles. The number of halogens is 3. The summed E-state index contributed by atoms with van der Waals surface area (Å²) in [5.41, 5.74) is 1.25. The molecule has 1 amide bonds. The minimum atomic E-state index is -4.06. The standard InChI is InChI=1S/C21H27F3N4O5S/c1-10(2)13-6-16-19(33-21(23,24)32-16)18(11(3)4)14(13)7-17(30)27-34(25,31)20-15(22)9-28(26-20)8-12(5)29/h6,9-12,29H,7-8H2,1-5H3,(H2,25,27,30,31)/t12-,34?/m1/s1. The van der Waals surface area contributed by atoms with Gasteiger partial charge in [-0.05, 0) is 36.0 Å². The predicted octanol–water partition coefficient (Wildman–Crippen LogP) is 3.44. The number of nitrogens with two attached hydrogens (primary N) is 1. The van der Waals surface area contributed by atoms with E-state index in [4.69, 9.17) is 9.88 Å². The average molecular weight is 505 g/mol. The van der Waals surface area contributed by atoms with Crippen molar-refractivity contribution in [2.24, 2.45) is 9.50 Å². The number of aromatic nitrogens is 2. The molecule has 1 aromatic heterocycles. The summed E-state index contributed by atoms with van der Waals surface area (Å²) in [6, 6.07) is 1.38. The van der Waals surface area contributed by atoms with Gasteiger partial charge in [-0.15, -0.1) is 13.1 Å². The van der Waals surface area contributed by atoms with Crippen molar-refractivity contribution in [1.29, 1.82) is 0 Å². The number of alkyl halides is 2. The third kappa shape index (κ3) is 5.36. The lowest BCUT2D eigenvalue weighted by molar-refractivity contribution is -0.287. The van der Waals surface area contributed by atoms with Gasteiger partial charge in [0.25, 0.3) is 5.91 Å². The summed E-state index contributed by atoms with van der Waals surface area (Å²) in [4.78, 5) is 12.8. The fraction of sp³-hybridized carbons (Fsp3) is 0.524. The molecule has 2 aromatic rings. The molecule has 3 N–H and O–H groups in total. The minimum absolute atomic E-state index is 0.0856. The van der Waals surface area contributed by atoms with Gasteiger partial charge in [0.15, 0.2) is 27.2 Å². The van der Waals surface area contributed by atoms with Crippen LogP contribution in [0.5, 0.6) is 11.5 Å². The first-order valence-electron chi connectivity index (χ1n) is 10.6. The highest BCUT2D eigenvalue weighted by molar-refractivity contribution is 7.91. The van der Waals surface area contributed by atoms with Crippen molar-refractivity contribution in [3.05, 3.63) is 34.8 Å². The number of aliphatic hydroxyl groups excluding tert-OH is 1. The molecule has 0 radical (unpaired) electrons. The normalized spacial score (nSPS) is 17.2. The number of aliphatic hydroxyl groups is 1. The van der Waals surface area contributed by atoms with Crippen molar-refractivity contribution in [1.82, 2.24) is 9.78 Å². The second-order valence-electron chi connectivity index (χ2n) is 8.75. The molecular weight excluding hydrogens is 477 g/mol. The molecule has 13 heteroatoms. The highest BCUT2D eigenvalue weighted by atomic mass is 32.2. The molecule has 34 heavy (non-hydrogen) atoms. The van der Waals surface area contributed by atoms with E-state index in [1.165, 1.54) is 13.0 Å². The predicted molar refractivity (Wildman–Crippen MR) is 116 cm³/mol. The Morgan fingerprint density at radius 2 is 1.91 bits per heavy atom. The molecule has 0 bridgehead atoms. The number of carbonyl (C=O) groups is 1. The minimum Gasteiger partial charge on any atom is -0.395 e. The van der Waals surface area contributed by atoms with Gasteiger partial charge in [0.1, 0.15) is 0 Å². The number of rotatable bonds is 7. The van der Waals surface area contributed by atoms with Gasteiger partial charge in [0, 0.05) is 5.56 Å². The van der Waals surface area contributed by atoms with Crippen LogP contribution >= 0.6 is 0 Å². The van der Waals surface area contributed by atoms with E-state index in [0.29, 0.717) is 16.7 Å². The fourth-order valence-corrected chi connectivity index (χ4v) is 4.82. The molecule has 0 saturated heterocycles. The summed E-state index contributed by atoms with van der Waals surface area (Å²) in [5.74, 6) is -2.85. The summed E-state index contributed by atoms with van der Waals surface area (Å²) in [6.45, 7) is 8.45. The van der Waals surface area contributed by atoms with Gasteiger partial charge in [0.2, 0.25) is 5.03 Å². The number of hydrogen-bond donors (Lipinski definition) is 2. The number of ether oxygens (including phenoxy) is 2. The zero-order valence-electron chi connectivity index (χ0n) is 19.3. The van der Waals surface area contributed by atoms with Gasteiger partial charge in [0.05, 0.1) is 25.3 Å². The molecule has 0 aliphatic carbocycles. The largest absolute Gasteiger partial charge is 0.586 e. The maximum Gasteiger partial charge on any atom is 0.586 e. The van der Waals surface area contributed by atoms with Crippen LogP contribution < -0.4 is 14.6 Å². The monoisotopic (exact) mass is 504 g/mol. The summed E-state index contributed by atoms with van der Waals surface area (Å²) in [6.07, 6.45) is -4.25. The molecule has 1 unspecified atom stereocenters. The van der Waals surface area contributed by atoms with Crippen LogP contribution in [0, 0.1) is 5.82 Å². The first-order chi connectivity index (χ1) is 15.6. The van der Waals surface area contributed by atoms with Crippen LogP contribution in [0.25, 0.3) is 0 Å². The summed E-state index contributed by atoms with van der Waals surface area (Å²) >= 11 is 0. The highest BCUT2D eigenvalue weighted by Gasteiger charge is 2.46. The SMILES string of the molecule is CC(C)c1cc2c(c(C(C)C)c1CC(=O)N=S(N)(=O)c1nn(C[C@@H](C)O)cc1F)OC(F)(F)O2. The van der Waals surface area contributed by atoms with Crippen LogP contribution in [-0.4, -0.2) is 37.4 Å². The van der Waals surface area contributed by atoms with E-state index in [2.05, 4.69) is 14.2 Å². The quantitative estimate of drug-likeness (QED) is 0.594. The first-order valence-corrected chi connectivity index (χ1v) is 12.1. The second-order valence-corrected chi connectivity index (χ2v) is 10.5. The molecule has 0 fully saturated rings. The van der Waals surface area contributed by atoms with Gasteiger partial charge >= 0.3 is 6.29 Å². The third-order valence-electron chi connectivity index (χ3n) is 5.06. The topological polar surface area (TPSA) is 129 Å². The Morgan fingerprint density at radius 3 is 2.47 bits per heavy atom. The molecule has 9 nitrogen and oxygen atoms in total. The molecule has 188 valence electrons. The Hall–Kier alpha value is -2.64. The third-order valence-corrected chi connectivity index (χ3v) is 6.36. The Morgan fingerprint density at radius 1 is 1.26 bits per heavy atom. The van der Waals surface area contributed by atoms with Crippen molar-refractivity contribution in [3.8, 4) is 11.5 Å². The molecule has 1 aliphatic heterocycles. The van der Waals surface area contributed by atoms with Gasteiger partial charge in [-0.25, -0.2) is 13.7 Å². The number of amides is 1. The summed E-state index contributed by atoms with van der Waals surface area (Å²) < 4.78 is 68.6. The van der Waals surface area contributed by atoms with E-state index in [-0.39, 0.29) is 29.9 Å². The van der Waals surface area contributed by atoms with Gasteiger partial charge < -0.3 is 14.6 Å². The number of fused-ring (bicyclic) bond motifs is 1. The van der Waals surface area contributed by atoms with E-state index in [1.54, 1.807) is 27.7 Å². The van der Waals surface area contributed by atoms with Crippen LogP contribution in [0.4, 0.5) is 13.2 Å². The van der Waals surface area contributed by atoms with Crippen molar-refractivity contribution in [3.63, 3.8) is 0 Å². The van der Waals surface area contributed by atoms with E-state index >= 15 is 0 Å². The van der Waals surface area contributed by atoms with Gasteiger partial charge in [-0.1, -0.05) is 27.7 Å². The van der Waals surface area contributed by atoms with Gasteiger partial charge in [-0.2, -0.15) is 5.10 Å². The lowest BCUT2D eigenvalue weighted by Gasteiger charge is -2.20. The second kappa shape index (κ2) is 9.19. The highest BCUT2D eigenvalue weighted by Crippen LogP contribution is 2.49. The zero-order valence-corrected chi connectivity index (χ0v) is 20.2. The number of carbonyl (C=O) groups excluding carboxylic acids is 1. The average Bonchev–Trinajstić information content (AvgIpc) is 3.17. The number of benzene rings is 1. The van der Waals surface area contributed by atoms with Crippen LogP contribution in [0.15, 0.2) is 21.7 Å². The molecule has 1 aromatic carbocycles. The molecule has 2 heterocycles. The van der Waals surface area contributed by atoms with Crippen LogP contribution in [-0.2, 0) is 27.7 Å². The Kier molecular flexibility index (Phi) is 7.02. The Bertz CT molecular complexity index is 1230. The summed E-state index contributed by atoms with van der Waals surface area (Å²) in [7, 11) is -4.06. The zero-order chi connectivity index (χ0) is 25.6. The Balaban J connectivity index is 2.04. The van der Waals surface area contributed by atoms with Crippen LogP contribution in [0.3, 0.4) is 0 Å². The maximum absolute atomic E-state index is 14.3. The van der Waals surface area contributed by atoms with Gasteiger partial charge in [-0.3, -0.25) is 9.48 Å². The molecular formula is C21H27F3N4O5S. The van der Waals surface area contributed by atoms with E-state index in [1.807, 2.05) is 0 Å². The van der Waals surface area contributed by atoms with Crippen molar-refractivity contribution < 1.29 is 36.8 Å². The molecule has 1 aliphatic rings. The Labute approximate surface area is 195 Å². The van der Waals surface area contributed by atoms with Crippen molar-refractivity contribution in [2.75, 3.05) is 0 Å². The van der Waals surface area contributed by atoms with E-state index in [0.717, 1.165) is 10.9 Å². The number of hydrogen-bond acceptors (Lipinski definition) is 6. The summed E-state index contributed by atoms with van der Waals surface area (Å²) in [5, 5.41) is 18.1. The van der Waals surface area contributed by atoms with Crippen LogP contribution in [0.1, 0.15) is 63.1 Å². The number of nitrogens with zero attached hydrogens (tertiary/aromatic N) is 3. The lowest BCUT2D eigenvalue weighted by Crippen LogP contribution is -2.26. The molecule has 0 spiro atoms.